The molecule has 19 heavy (non-hydrogen) atoms. The summed E-state index contributed by atoms with van der Waals surface area (Å²) in [6.45, 7) is -2.59. The van der Waals surface area contributed by atoms with Crippen molar-refractivity contribution in [3.8, 4) is 5.75 Å². The van der Waals surface area contributed by atoms with E-state index in [0.29, 0.717) is 0 Å². The minimum Gasteiger partial charge on any atom is -0.405 e. The van der Waals surface area contributed by atoms with Crippen LogP contribution in [-0.2, 0) is 18.7 Å². The van der Waals surface area contributed by atoms with Gasteiger partial charge >= 0.3 is 12.9 Å². The molecule has 0 aliphatic carbocycles. The summed E-state index contributed by atoms with van der Waals surface area (Å²) in [7, 11) is 1.34. The maximum atomic E-state index is 11.8. The van der Waals surface area contributed by atoms with E-state index >= 15 is 0 Å². The third-order valence-corrected chi connectivity index (χ3v) is 3.64. The van der Waals surface area contributed by atoms with Gasteiger partial charge in [0.25, 0.3) is 0 Å². The van der Waals surface area contributed by atoms with E-state index < -0.39 is 19.0 Å². The van der Waals surface area contributed by atoms with Gasteiger partial charge < -0.3 is 13.9 Å². The zero-order chi connectivity index (χ0) is 14.5. The van der Waals surface area contributed by atoms with Crippen molar-refractivity contribution in [3.05, 3.63) is 28.7 Å². The summed E-state index contributed by atoms with van der Waals surface area (Å²) in [5.41, 5.74) is 2.32. The Balaban J connectivity index is 2.63. The zero-order valence-corrected chi connectivity index (χ0v) is 13.4. The van der Waals surface area contributed by atoms with E-state index in [1.54, 1.807) is 12.1 Å². The number of benzene rings is 1. The number of hydroxylamine groups is 1. The third-order valence-electron chi connectivity index (χ3n) is 1.88. The summed E-state index contributed by atoms with van der Waals surface area (Å²) in [5.74, 6) is -0.626. The molecule has 9 heteroatoms. The van der Waals surface area contributed by atoms with Gasteiger partial charge in [0, 0.05) is 15.7 Å². The van der Waals surface area contributed by atoms with Crippen molar-refractivity contribution in [1.82, 2.24) is 5.48 Å². The lowest BCUT2D eigenvalue weighted by Gasteiger charge is -2.15. The molecule has 0 spiro atoms. The Labute approximate surface area is 123 Å². The van der Waals surface area contributed by atoms with Crippen LogP contribution in [0, 0.1) is 0 Å². The summed E-state index contributed by atoms with van der Waals surface area (Å²) in [4.78, 5) is 16.0. The molecule has 106 valence electrons. The smallest absolute Gasteiger partial charge is 0.405 e. The van der Waals surface area contributed by atoms with E-state index in [1.807, 2.05) is 0 Å². The Hall–Kier alpha value is -0.590. The molecule has 0 radical (unpaired) electrons. The van der Waals surface area contributed by atoms with Crippen LogP contribution >= 0.6 is 34.1 Å². The van der Waals surface area contributed by atoms with E-state index in [0.717, 1.165) is 4.47 Å². The summed E-state index contributed by atoms with van der Waals surface area (Å²) < 4.78 is 22.2. The number of carbonyl (C=O) groups is 1. The SMILES string of the molecule is CON[C@@H](C)C(=O)OP(=O)(Cl)Oc1ccc(Br)cc1. The minimum atomic E-state index is -4.05. The highest BCUT2D eigenvalue weighted by Gasteiger charge is 2.30. The first-order valence-electron chi connectivity index (χ1n) is 5.11. The molecule has 0 bridgehead atoms. The third kappa shape index (κ3) is 5.93. The fourth-order valence-electron chi connectivity index (χ4n) is 1.05. The van der Waals surface area contributed by atoms with Gasteiger partial charge in [-0.2, -0.15) is 5.48 Å². The van der Waals surface area contributed by atoms with E-state index in [2.05, 4.69) is 30.8 Å². The van der Waals surface area contributed by atoms with Gasteiger partial charge in [-0.05, 0) is 31.2 Å². The van der Waals surface area contributed by atoms with Crippen LogP contribution in [0.1, 0.15) is 6.92 Å². The molecule has 6 nitrogen and oxygen atoms in total. The van der Waals surface area contributed by atoms with E-state index in [1.165, 1.54) is 26.2 Å². The predicted molar refractivity (Wildman–Crippen MR) is 73.9 cm³/mol. The number of nitrogens with one attached hydrogen (secondary N) is 1. The quantitative estimate of drug-likeness (QED) is 0.610. The highest BCUT2D eigenvalue weighted by Crippen LogP contribution is 2.53. The van der Waals surface area contributed by atoms with Crippen molar-refractivity contribution in [2.45, 2.75) is 13.0 Å². The molecular formula is C10H12BrClNO5P. The van der Waals surface area contributed by atoms with Crippen LogP contribution in [0.25, 0.3) is 0 Å². The van der Waals surface area contributed by atoms with Crippen molar-refractivity contribution in [1.29, 1.82) is 0 Å². The lowest BCUT2D eigenvalue weighted by molar-refractivity contribution is -0.139. The van der Waals surface area contributed by atoms with E-state index in [9.17, 15) is 9.36 Å². The lowest BCUT2D eigenvalue weighted by Crippen LogP contribution is -2.33. The van der Waals surface area contributed by atoms with Crippen molar-refractivity contribution in [3.63, 3.8) is 0 Å². The van der Waals surface area contributed by atoms with Crippen LogP contribution in [0.2, 0.25) is 0 Å². The van der Waals surface area contributed by atoms with Gasteiger partial charge in [0.2, 0.25) is 0 Å². The fraction of sp³-hybridized carbons (Fsp3) is 0.300. The largest absolute Gasteiger partial charge is 0.532 e. The molecule has 0 aromatic heterocycles. The number of rotatable bonds is 6. The molecule has 0 amide bonds. The average molecular weight is 373 g/mol. The Morgan fingerprint density at radius 2 is 2.00 bits per heavy atom. The summed E-state index contributed by atoms with van der Waals surface area (Å²) in [5, 5.41) is 0. The predicted octanol–water partition coefficient (Wildman–Crippen LogP) is 3.26. The summed E-state index contributed by atoms with van der Waals surface area (Å²) >= 11 is 8.80. The van der Waals surface area contributed by atoms with Gasteiger partial charge in [-0.15, -0.1) is 0 Å². The van der Waals surface area contributed by atoms with Gasteiger partial charge in [-0.1, -0.05) is 15.9 Å². The van der Waals surface area contributed by atoms with Crippen molar-refractivity contribution >= 4 is 40.1 Å². The van der Waals surface area contributed by atoms with Crippen LogP contribution in [0.3, 0.4) is 0 Å². The molecular weight excluding hydrogens is 360 g/mol. The van der Waals surface area contributed by atoms with Gasteiger partial charge in [0.1, 0.15) is 11.8 Å². The Morgan fingerprint density at radius 1 is 1.42 bits per heavy atom. The molecule has 0 saturated heterocycles. The normalized spacial score (nSPS) is 15.4. The maximum Gasteiger partial charge on any atom is 0.532 e. The van der Waals surface area contributed by atoms with Gasteiger partial charge in [0.15, 0.2) is 0 Å². The van der Waals surface area contributed by atoms with E-state index in [-0.39, 0.29) is 5.75 Å². The van der Waals surface area contributed by atoms with Crippen LogP contribution in [-0.4, -0.2) is 19.1 Å². The molecule has 0 heterocycles. The number of hydrogen-bond donors (Lipinski definition) is 1. The standard InChI is InChI=1S/C10H12BrClNO5P/c1-7(13-16-2)10(14)18-19(12,15)17-9-5-3-8(11)4-6-9/h3-7,13H,1-2H3/t7-,19?/m0/s1. The first-order chi connectivity index (χ1) is 8.84. The van der Waals surface area contributed by atoms with Gasteiger partial charge in [0.05, 0.1) is 7.11 Å². The summed E-state index contributed by atoms with van der Waals surface area (Å²) in [6, 6.07) is 5.57. The topological polar surface area (TPSA) is 73.9 Å². The average Bonchev–Trinajstić information content (AvgIpc) is 2.31. The second-order valence-electron chi connectivity index (χ2n) is 3.43. The first-order valence-corrected chi connectivity index (χ1v) is 8.35. The summed E-state index contributed by atoms with van der Waals surface area (Å²) in [6.07, 6.45) is 0. The highest BCUT2D eigenvalue weighted by molar-refractivity contribution is 9.10. The molecule has 0 aliphatic rings. The highest BCUT2D eigenvalue weighted by atomic mass is 79.9. The second-order valence-corrected chi connectivity index (χ2v) is 6.81. The molecule has 0 saturated carbocycles. The monoisotopic (exact) mass is 371 g/mol. The maximum absolute atomic E-state index is 11.8. The molecule has 1 aromatic rings. The fourth-order valence-corrected chi connectivity index (χ4v) is 2.54. The zero-order valence-electron chi connectivity index (χ0n) is 10.1. The van der Waals surface area contributed by atoms with Crippen molar-refractivity contribution in [2.24, 2.45) is 0 Å². The van der Waals surface area contributed by atoms with Crippen LogP contribution in [0.15, 0.2) is 28.7 Å². The van der Waals surface area contributed by atoms with Crippen LogP contribution in [0.5, 0.6) is 5.75 Å². The molecule has 0 aliphatic heterocycles. The molecule has 1 rings (SSSR count). The van der Waals surface area contributed by atoms with Gasteiger partial charge in [-0.25, -0.2) is 9.36 Å². The molecule has 1 aromatic carbocycles. The molecule has 1 unspecified atom stereocenters. The number of halogens is 2. The van der Waals surface area contributed by atoms with Crippen molar-refractivity contribution < 1.29 is 23.2 Å². The van der Waals surface area contributed by atoms with E-state index in [4.69, 9.17) is 15.8 Å². The second kappa shape index (κ2) is 7.26. The molecule has 1 N–H and O–H groups in total. The molecule has 2 atom stereocenters. The Bertz CT molecular complexity index is 483. The first kappa shape index (κ1) is 16.5. The lowest BCUT2D eigenvalue weighted by atomic mass is 10.3. The molecule has 0 fully saturated rings. The number of carbonyl (C=O) groups excluding carboxylic acids is 1. The van der Waals surface area contributed by atoms with Crippen LogP contribution < -0.4 is 10.0 Å². The van der Waals surface area contributed by atoms with Gasteiger partial charge in [-0.3, -0.25) is 0 Å². The Kier molecular flexibility index (Phi) is 6.29. The van der Waals surface area contributed by atoms with Crippen LogP contribution in [0.4, 0.5) is 0 Å². The van der Waals surface area contributed by atoms with Crippen molar-refractivity contribution in [2.75, 3.05) is 7.11 Å². The number of hydrogen-bond acceptors (Lipinski definition) is 6. The minimum absolute atomic E-state index is 0.224. The Morgan fingerprint density at radius 3 is 2.53 bits per heavy atom.